The summed E-state index contributed by atoms with van der Waals surface area (Å²) in [7, 11) is 0. The summed E-state index contributed by atoms with van der Waals surface area (Å²) >= 11 is 5.75. The summed E-state index contributed by atoms with van der Waals surface area (Å²) in [4.78, 5) is 4.02. The van der Waals surface area contributed by atoms with E-state index in [0.717, 1.165) is 0 Å². The lowest BCUT2D eigenvalue weighted by Gasteiger charge is -2.04. The molecule has 5 heteroatoms. The smallest absolute Gasteiger partial charge is 0.219 e. The van der Waals surface area contributed by atoms with E-state index in [4.69, 9.17) is 22.1 Å². The second kappa shape index (κ2) is 5.58. The average molecular weight is 257 g/mol. The van der Waals surface area contributed by atoms with E-state index in [1.165, 1.54) is 0 Å². The Morgan fingerprint density at radius 2 is 1.75 bits per heavy atom. The van der Waals surface area contributed by atoms with Crippen LogP contribution in [0, 0.1) is 0 Å². The lowest BCUT2D eigenvalue weighted by atomic mass is 10.3. The van der Waals surface area contributed by atoms with E-state index in [1.54, 1.807) is 42.6 Å². The van der Waals surface area contributed by atoms with E-state index >= 15 is 0 Å². The summed E-state index contributed by atoms with van der Waals surface area (Å²) in [5.41, 5.74) is 6.11. The maximum atomic E-state index is 5.75. The number of nitrogens with zero attached hydrogens (tertiary/aromatic N) is 1. The molecule has 1 aromatic heterocycles. The SMILES string of the molecule is Cl.Nc1ccc(Oc2ccc(Cl)cc2)nc1. The van der Waals surface area contributed by atoms with Crippen molar-refractivity contribution in [3.8, 4) is 11.6 Å². The van der Waals surface area contributed by atoms with Gasteiger partial charge in [0.1, 0.15) is 5.75 Å². The molecule has 0 fully saturated rings. The van der Waals surface area contributed by atoms with Crippen LogP contribution in [0.2, 0.25) is 5.02 Å². The van der Waals surface area contributed by atoms with Crippen LogP contribution in [0.5, 0.6) is 11.6 Å². The highest BCUT2D eigenvalue weighted by molar-refractivity contribution is 6.30. The van der Waals surface area contributed by atoms with E-state index < -0.39 is 0 Å². The summed E-state index contributed by atoms with van der Waals surface area (Å²) in [6.07, 6.45) is 1.55. The minimum atomic E-state index is 0. The first kappa shape index (κ1) is 12.6. The van der Waals surface area contributed by atoms with Crippen LogP contribution in [0.3, 0.4) is 0 Å². The molecule has 1 heterocycles. The minimum absolute atomic E-state index is 0. The zero-order valence-electron chi connectivity index (χ0n) is 8.26. The second-order valence-electron chi connectivity index (χ2n) is 2.99. The fourth-order valence-corrected chi connectivity index (χ4v) is 1.20. The normalized spacial score (nSPS) is 9.31. The average Bonchev–Trinajstić information content (AvgIpc) is 2.25. The van der Waals surface area contributed by atoms with Crippen molar-refractivity contribution in [1.29, 1.82) is 0 Å². The van der Waals surface area contributed by atoms with Gasteiger partial charge in [0.05, 0.1) is 11.9 Å². The van der Waals surface area contributed by atoms with Crippen LogP contribution < -0.4 is 10.5 Å². The van der Waals surface area contributed by atoms with E-state index in [1.807, 2.05) is 0 Å². The minimum Gasteiger partial charge on any atom is -0.439 e. The Morgan fingerprint density at radius 3 is 2.31 bits per heavy atom. The number of nitrogen functional groups attached to an aromatic ring is 1. The van der Waals surface area contributed by atoms with Gasteiger partial charge in [-0.05, 0) is 30.3 Å². The topological polar surface area (TPSA) is 48.1 Å². The molecular formula is C11H10Cl2N2O. The van der Waals surface area contributed by atoms with Gasteiger partial charge < -0.3 is 10.5 Å². The molecule has 0 radical (unpaired) electrons. The van der Waals surface area contributed by atoms with Crippen molar-refractivity contribution >= 4 is 29.7 Å². The standard InChI is InChI=1S/C11H9ClN2O.ClH/c12-8-1-4-10(5-2-8)15-11-6-3-9(13)7-14-11;/h1-7H,13H2;1H. The predicted octanol–water partition coefficient (Wildman–Crippen LogP) is 3.53. The Hall–Kier alpha value is -1.45. The van der Waals surface area contributed by atoms with Crippen LogP contribution in [0.1, 0.15) is 0 Å². The van der Waals surface area contributed by atoms with Crippen molar-refractivity contribution in [3.05, 3.63) is 47.6 Å². The molecule has 2 aromatic rings. The van der Waals surface area contributed by atoms with Crippen molar-refractivity contribution in [3.63, 3.8) is 0 Å². The molecule has 0 saturated carbocycles. The Balaban J connectivity index is 0.00000128. The van der Waals surface area contributed by atoms with Gasteiger partial charge in [-0.25, -0.2) is 4.98 Å². The maximum Gasteiger partial charge on any atom is 0.219 e. The molecule has 3 nitrogen and oxygen atoms in total. The Kier molecular flexibility index (Phi) is 4.40. The Morgan fingerprint density at radius 1 is 1.06 bits per heavy atom. The van der Waals surface area contributed by atoms with Gasteiger partial charge >= 0.3 is 0 Å². The molecule has 0 saturated heterocycles. The molecule has 0 spiro atoms. The first-order chi connectivity index (χ1) is 7.24. The van der Waals surface area contributed by atoms with Gasteiger partial charge in [0.2, 0.25) is 5.88 Å². The number of hydrogen-bond acceptors (Lipinski definition) is 3. The summed E-state index contributed by atoms with van der Waals surface area (Å²) in [6.45, 7) is 0. The van der Waals surface area contributed by atoms with Crippen molar-refractivity contribution in [1.82, 2.24) is 4.98 Å². The number of nitrogens with two attached hydrogens (primary N) is 1. The number of benzene rings is 1. The third-order valence-electron chi connectivity index (χ3n) is 1.80. The van der Waals surface area contributed by atoms with Gasteiger partial charge in [-0.1, -0.05) is 11.6 Å². The number of halogens is 2. The van der Waals surface area contributed by atoms with Crippen molar-refractivity contribution in [2.75, 3.05) is 5.73 Å². The fourth-order valence-electron chi connectivity index (χ4n) is 1.08. The number of ether oxygens (including phenoxy) is 1. The van der Waals surface area contributed by atoms with E-state index in [9.17, 15) is 0 Å². The number of rotatable bonds is 2. The van der Waals surface area contributed by atoms with Crippen molar-refractivity contribution in [2.45, 2.75) is 0 Å². The van der Waals surface area contributed by atoms with Crippen LogP contribution in [-0.2, 0) is 0 Å². The van der Waals surface area contributed by atoms with Gasteiger partial charge in [-0.2, -0.15) is 0 Å². The first-order valence-corrected chi connectivity index (χ1v) is 4.77. The summed E-state index contributed by atoms with van der Waals surface area (Å²) < 4.78 is 5.46. The molecular weight excluding hydrogens is 247 g/mol. The van der Waals surface area contributed by atoms with Gasteiger partial charge in [0.15, 0.2) is 0 Å². The van der Waals surface area contributed by atoms with Crippen LogP contribution in [0.25, 0.3) is 0 Å². The van der Waals surface area contributed by atoms with Crippen molar-refractivity contribution in [2.24, 2.45) is 0 Å². The highest BCUT2D eigenvalue weighted by Gasteiger charge is 1.97. The van der Waals surface area contributed by atoms with Gasteiger partial charge in [0, 0.05) is 11.1 Å². The molecule has 0 amide bonds. The largest absolute Gasteiger partial charge is 0.439 e. The van der Waals surface area contributed by atoms with Crippen LogP contribution >= 0.6 is 24.0 Å². The number of pyridine rings is 1. The summed E-state index contributed by atoms with van der Waals surface area (Å²) in [5, 5.41) is 0.674. The highest BCUT2D eigenvalue weighted by atomic mass is 35.5. The van der Waals surface area contributed by atoms with Crippen LogP contribution in [-0.4, -0.2) is 4.98 Å². The van der Waals surface area contributed by atoms with Crippen molar-refractivity contribution < 1.29 is 4.74 Å². The van der Waals surface area contributed by atoms with Gasteiger partial charge in [-0.3, -0.25) is 0 Å². The molecule has 0 bridgehead atoms. The van der Waals surface area contributed by atoms with E-state index in [0.29, 0.717) is 22.3 Å². The summed E-state index contributed by atoms with van der Waals surface area (Å²) in [5.74, 6) is 1.20. The Labute approximate surface area is 105 Å². The molecule has 84 valence electrons. The molecule has 16 heavy (non-hydrogen) atoms. The predicted molar refractivity (Wildman–Crippen MR) is 67.4 cm³/mol. The lowest BCUT2D eigenvalue weighted by molar-refractivity contribution is 0.463. The molecule has 2 rings (SSSR count). The van der Waals surface area contributed by atoms with E-state index in [2.05, 4.69) is 4.98 Å². The number of aromatic nitrogens is 1. The first-order valence-electron chi connectivity index (χ1n) is 4.39. The second-order valence-corrected chi connectivity index (χ2v) is 3.42. The highest BCUT2D eigenvalue weighted by Crippen LogP contribution is 2.21. The molecule has 2 N–H and O–H groups in total. The van der Waals surface area contributed by atoms with Crippen LogP contribution in [0.15, 0.2) is 42.6 Å². The summed E-state index contributed by atoms with van der Waals surface area (Å²) in [6, 6.07) is 10.5. The fraction of sp³-hybridized carbons (Fsp3) is 0. The quantitative estimate of drug-likeness (QED) is 0.895. The van der Waals surface area contributed by atoms with E-state index in [-0.39, 0.29) is 12.4 Å². The molecule has 0 unspecified atom stereocenters. The van der Waals surface area contributed by atoms with Gasteiger partial charge in [-0.15, -0.1) is 12.4 Å². The molecule has 0 atom stereocenters. The third kappa shape index (κ3) is 3.29. The number of hydrogen-bond donors (Lipinski definition) is 1. The zero-order chi connectivity index (χ0) is 10.7. The van der Waals surface area contributed by atoms with Gasteiger partial charge in [0.25, 0.3) is 0 Å². The molecule has 0 aliphatic rings. The van der Waals surface area contributed by atoms with Crippen LogP contribution in [0.4, 0.5) is 5.69 Å². The monoisotopic (exact) mass is 256 g/mol. The Bertz CT molecular complexity index is 399. The molecule has 1 aromatic carbocycles. The maximum absolute atomic E-state index is 5.75. The molecule has 0 aliphatic heterocycles. The lowest BCUT2D eigenvalue weighted by Crippen LogP contribution is -1.89. The zero-order valence-corrected chi connectivity index (χ0v) is 9.83. The third-order valence-corrected chi connectivity index (χ3v) is 2.05. The number of anilines is 1. The molecule has 0 aliphatic carbocycles.